The van der Waals surface area contributed by atoms with Gasteiger partial charge in [-0.25, -0.2) is 10.8 Å². The second kappa shape index (κ2) is 5.65. The Balaban J connectivity index is 2.02. The first-order valence-electron chi connectivity index (χ1n) is 5.19. The summed E-state index contributed by atoms with van der Waals surface area (Å²) in [5.74, 6) is 5.94. The van der Waals surface area contributed by atoms with Gasteiger partial charge in [-0.15, -0.1) is 0 Å². The van der Waals surface area contributed by atoms with Crippen LogP contribution >= 0.6 is 15.9 Å². The van der Waals surface area contributed by atoms with Gasteiger partial charge in [0.15, 0.2) is 0 Å². The lowest BCUT2D eigenvalue weighted by molar-refractivity contribution is 1.13. The third-order valence-corrected chi connectivity index (χ3v) is 2.79. The number of nitrogens with two attached hydrogens (primary N) is 1. The van der Waals surface area contributed by atoms with Crippen LogP contribution in [0.25, 0.3) is 0 Å². The molecule has 0 bridgehead atoms. The molecule has 0 amide bonds. The zero-order chi connectivity index (χ0) is 12.1. The summed E-state index contributed by atoms with van der Waals surface area (Å²) in [6.07, 6.45) is 1.71. The topological polar surface area (TPSA) is 63.0 Å². The predicted octanol–water partition coefficient (Wildman–Crippen LogP) is 2.74. The first kappa shape index (κ1) is 11.9. The molecule has 1 aromatic heterocycles. The molecule has 4 nitrogen and oxygen atoms in total. The number of anilines is 2. The molecule has 0 radical (unpaired) electrons. The number of hydrogen-bond acceptors (Lipinski definition) is 4. The summed E-state index contributed by atoms with van der Waals surface area (Å²) in [4.78, 5) is 4.04. The highest BCUT2D eigenvalue weighted by molar-refractivity contribution is 9.10. The van der Waals surface area contributed by atoms with E-state index in [-0.39, 0.29) is 0 Å². The molecule has 17 heavy (non-hydrogen) atoms. The Morgan fingerprint density at radius 1 is 1.24 bits per heavy atom. The Kier molecular flexibility index (Phi) is 3.95. The molecule has 88 valence electrons. The normalized spacial score (nSPS) is 10.0. The molecule has 1 aromatic carbocycles. The van der Waals surface area contributed by atoms with Crippen LogP contribution in [-0.4, -0.2) is 4.98 Å². The molecule has 0 aliphatic carbocycles. The molecule has 5 heteroatoms. The Morgan fingerprint density at radius 3 is 2.88 bits per heavy atom. The van der Waals surface area contributed by atoms with Crippen molar-refractivity contribution in [2.45, 2.75) is 6.54 Å². The zero-order valence-corrected chi connectivity index (χ0v) is 10.7. The fourth-order valence-electron chi connectivity index (χ4n) is 1.47. The molecule has 0 aliphatic heterocycles. The number of rotatable bonds is 4. The SMILES string of the molecule is NNc1cc(NCc2cccc(Br)c2)ccn1. The number of nitrogen functional groups attached to an aromatic ring is 1. The Hall–Kier alpha value is -1.59. The number of pyridine rings is 1. The molecular formula is C12H13BrN4. The van der Waals surface area contributed by atoms with Crippen molar-refractivity contribution in [1.29, 1.82) is 0 Å². The molecule has 0 spiro atoms. The summed E-state index contributed by atoms with van der Waals surface area (Å²) in [6, 6.07) is 11.9. The van der Waals surface area contributed by atoms with Crippen LogP contribution in [0.4, 0.5) is 11.5 Å². The molecule has 0 aliphatic rings. The van der Waals surface area contributed by atoms with Crippen LogP contribution in [0.1, 0.15) is 5.56 Å². The van der Waals surface area contributed by atoms with E-state index < -0.39 is 0 Å². The number of aromatic nitrogens is 1. The highest BCUT2D eigenvalue weighted by Crippen LogP contribution is 2.15. The van der Waals surface area contributed by atoms with E-state index in [1.807, 2.05) is 24.3 Å². The Bertz CT molecular complexity index is 501. The van der Waals surface area contributed by atoms with Gasteiger partial charge in [-0.3, -0.25) is 0 Å². The van der Waals surface area contributed by atoms with Crippen molar-refractivity contribution in [2.75, 3.05) is 10.7 Å². The first-order chi connectivity index (χ1) is 8.28. The number of hydrogen-bond donors (Lipinski definition) is 3. The summed E-state index contributed by atoms with van der Waals surface area (Å²) in [5.41, 5.74) is 4.70. The molecule has 1 heterocycles. The fraction of sp³-hybridized carbons (Fsp3) is 0.0833. The van der Waals surface area contributed by atoms with E-state index in [4.69, 9.17) is 5.84 Å². The minimum Gasteiger partial charge on any atom is -0.381 e. The average Bonchev–Trinajstić information content (AvgIpc) is 2.37. The van der Waals surface area contributed by atoms with Crippen molar-refractivity contribution in [3.8, 4) is 0 Å². The van der Waals surface area contributed by atoms with E-state index in [9.17, 15) is 0 Å². The van der Waals surface area contributed by atoms with Crippen LogP contribution in [0, 0.1) is 0 Å². The lowest BCUT2D eigenvalue weighted by Crippen LogP contribution is -2.09. The highest BCUT2D eigenvalue weighted by atomic mass is 79.9. The molecule has 0 fully saturated rings. The van der Waals surface area contributed by atoms with Gasteiger partial charge in [0.2, 0.25) is 0 Å². The summed E-state index contributed by atoms with van der Waals surface area (Å²) >= 11 is 3.45. The second-order valence-electron chi connectivity index (χ2n) is 3.56. The number of hydrazine groups is 1. The van der Waals surface area contributed by atoms with E-state index in [2.05, 4.69) is 43.8 Å². The van der Waals surface area contributed by atoms with E-state index in [0.717, 1.165) is 16.7 Å². The number of nitrogens with one attached hydrogen (secondary N) is 2. The molecular weight excluding hydrogens is 280 g/mol. The number of nitrogens with zero attached hydrogens (tertiary/aromatic N) is 1. The van der Waals surface area contributed by atoms with Gasteiger partial charge >= 0.3 is 0 Å². The molecule has 2 aromatic rings. The monoisotopic (exact) mass is 292 g/mol. The lowest BCUT2D eigenvalue weighted by Gasteiger charge is -2.08. The predicted molar refractivity (Wildman–Crippen MR) is 73.5 cm³/mol. The summed E-state index contributed by atoms with van der Waals surface area (Å²) in [5, 5.41) is 3.31. The molecule has 0 saturated heterocycles. The molecule has 4 N–H and O–H groups in total. The molecule has 0 saturated carbocycles. The number of halogens is 1. The van der Waals surface area contributed by atoms with Crippen LogP contribution < -0.4 is 16.6 Å². The third kappa shape index (κ3) is 3.44. The first-order valence-corrected chi connectivity index (χ1v) is 5.98. The van der Waals surface area contributed by atoms with E-state index in [1.165, 1.54) is 5.56 Å². The van der Waals surface area contributed by atoms with Crippen molar-refractivity contribution < 1.29 is 0 Å². The van der Waals surface area contributed by atoms with Gasteiger partial charge in [0.1, 0.15) is 5.82 Å². The maximum atomic E-state index is 5.30. The summed E-state index contributed by atoms with van der Waals surface area (Å²) < 4.78 is 1.08. The average molecular weight is 293 g/mol. The standard InChI is InChI=1S/C12H13BrN4/c13-10-3-1-2-9(6-10)8-16-11-4-5-15-12(7-11)17-14/h1-7H,8,14H2,(H2,15,16,17). The van der Waals surface area contributed by atoms with Crippen molar-refractivity contribution in [1.82, 2.24) is 4.98 Å². The van der Waals surface area contributed by atoms with Crippen molar-refractivity contribution in [3.05, 3.63) is 52.6 Å². The fourth-order valence-corrected chi connectivity index (χ4v) is 1.92. The Morgan fingerprint density at radius 2 is 2.12 bits per heavy atom. The van der Waals surface area contributed by atoms with Gasteiger partial charge in [-0.05, 0) is 23.8 Å². The van der Waals surface area contributed by atoms with E-state index in [1.54, 1.807) is 6.20 Å². The van der Waals surface area contributed by atoms with Crippen LogP contribution in [-0.2, 0) is 6.54 Å². The molecule has 0 atom stereocenters. The van der Waals surface area contributed by atoms with Crippen molar-refractivity contribution in [2.24, 2.45) is 5.84 Å². The molecule has 0 unspecified atom stereocenters. The van der Waals surface area contributed by atoms with Gasteiger partial charge in [0, 0.05) is 29.0 Å². The highest BCUT2D eigenvalue weighted by Gasteiger charge is 1.97. The van der Waals surface area contributed by atoms with Gasteiger partial charge in [-0.2, -0.15) is 0 Å². The molecule has 2 rings (SSSR count). The maximum Gasteiger partial charge on any atom is 0.141 e. The van der Waals surface area contributed by atoms with E-state index >= 15 is 0 Å². The summed E-state index contributed by atoms with van der Waals surface area (Å²) in [6.45, 7) is 0.757. The van der Waals surface area contributed by atoms with Crippen LogP contribution in [0.15, 0.2) is 47.1 Å². The van der Waals surface area contributed by atoms with Gasteiger partial charge in [0.05, 0.1) is 0 Å². The van der Waals surface area contributed by atoms with Crippen molar-refractivity contribution >= 4 is 27.4 Å². The van der Waals surface area contributed by atoms with Crippen LogP contribution in [0.3, 0.4) is 0 Å². The maximum absolute atomic E-state index is 5.30. The third-order valence-electron chi connectivity index (χ3n) is 2.29. The minimum absolute atomic E-state index is 0.643. The minimum atomic E-state index is 0.643. The second-order valence-corrected chi connectivity index (χ2v) is 4.47. The summed E-state index contributed by atoms with van der Waals surface area (Å²) in [7, 11) is 0. The zero-order valence-electron chi connectivity index (χ0n) is 9.15. The quantitative estimate of drug-likeness (QED) is 0.599. The lowest BCUT2D eigenvalue weighted by atomic mass is 10.2. The Labute approximate surface area is 108 Å². The largest absolute Gasteiger partial charge is 0.381 e. The smallest absolute Gasteiger partial charge is 0.141 e. The van der Waals surface area contributed by atoms with E-state index in [0.29, 0.717) is 5.82 Å². The van der Waals surface area contributed by atoms with Gasteiger partial charge in [-0.1, -0.05) is 28.1 Å². The van der Waals surface area contributed by atoms with Crippen LogP contribution in [0.5, 0.6) is 0 Å². The van der Waals surface area contributed by atoms with Crippen molar-refractivity contribution in [3.63, 3.8) is 0 Å². The van der Waals surface area contributed by atoms with Gasteiger partial charge in [0.25, 0.3) is 0 Å². The number of benzene rings is 1. The van der Waals surface area contributed by atoms with Crippen LogP contribution in [0.2, 0.25) is 0 Å². The van der Waals surface area contributed by atoms with Gasteiger partial charge < -0.3 is 10.7 Å².